The van der Waals surface area contributed by atoms with E-state index in [1.807, 2.05) is 46.0 Å². The number of hydrogen-bond acceptors (Lipinski definition) is 6. The third kappa shape index (κ3) is 11.2. The van der Waals surface area contributed by atoms with Gasteiger partial charge in [0.2, 0.25) is 5.91 Å². The number of fused-ring (bicyclic) bond motifs is 1. The summed E-state index contributed by atoms with van der Waals surface area (Å²) >= 11 is 0. The summed E-state index contributed by atoms with van der Waals surface area (Å²) in [7, 11) is 3.73. The van der Waals surface area contributed by atoms with Gasteiger partial charge in [-0.1, -0.05) is 0 Å². The van der Waals surface area contributed by atoms with Crippen molar-refractivity contribution in [3.8, 4) is 11.5 Å². The zero-order valence-electron chi connectivity index (χ0n) is 19.8. The molecule has 0 aromatic heterocycles. The monoisotopic (exact) mass is 563 g/mol. The molecule has 1 aliphatic heterocycles. The molecule has 0 radical (unpaired) electrons. The van der Waals surface area contributed by atoms with Gasteiger partial charge in [-0.15, -0.1) is 24.0 Å². The molecule has 2 rings (SSSR count). The number of ether oxygens (including phenoxy) is 3. The Morgan fingerprint density at radius 1 is 1.19 bits per heavy atom. The smallest absolute Gasteiger partial charge is 0.242 e. The minimum absolute atomic E-state index is 0. The van der Waals surface area contributed by atoms with E-state index in [-0.39, 0.29) is 42.0 Å². The first-order valence-electron chi connectivity index (χ1n) is 10.7. The molecule has 3 N–H and O–H groups in total. The van der Waals surface area contributed by atoms with Crippen molar-refractivity contribution in [1.82, 2.24) is 15.5 Å². The molecule has 0 spiro atoms. The van der Waals surface area contributed by atoms with Gasteiger partial charge >= 0.3 is 0 Å². The average Bonchev–Trinajstić information content (AvgIpc) is 2.94. The van der Waals surface area contributed by atoms with Crippen LogP contribution in [0.25, 0.3) is 0 Å². The lowest BCUT2D eigenvalue weighted by molar-refractivity contribution is -0.121. The van der Waals surface area contributed by atoms with Crippen molar-refractivity contribution < 1.29 is 19.0 Å². The van der Waals surface area contributed by atoms with Crippen LogP contribution < -0.4 is 25.4 Å². The number of nitrogens with zero attached hydrogens (tertiary/aromatic N) is 2. The Morgan fingerprint density at radius 3 is 2.59 bits per heavy atom. The largest absolute Gasteiger partial charge is 0.490 e. The van der Waals surface area contributed by atoms with E-state index in [1.165, 1.54) is 0 Å². The molecular formula is C22H38IN5O4. The van der Waals surface area contributed by atoms with Crippen molar-refractivity contribution in [2.24, 2.45) is 4.99 Å². The van der Waals surface area contributed by atoms with E-state index < -0.39 is 0 Å². The van der Waals surface area contributed by atoms with Gasteiger partial charge in [-0.2, -0.15) is 0 Å². The zero-order chi connectivity index (χ0) is 22.7. The highest BCUT2D eigenvalue weighted by Crippen LogP contribution is 2.32. The van der Waals surface area contributed by atoms with Gasteiger partial charge in [-0.05, 0) is 40.0 Å². The van der Waals surface area contributed by atoms with Gasteiger partial charge in [-0.25, -0.2) is 4.99 Å². The summed E-state index contributed by atoms with van der Waals surface area (Å²) in [5.74, 6) is 1.83. The second-order valence-electron chi connectivity index (χ2n) is 8.52. The summed E-state index contributed by atoms with van der Waals surface area (Å²) in [4.78, 5) is 18.8. The Hall–Kier alpha value is -1.79. The fourth-order valence-corrected chi connectivity index (χ4v) is 2.85. The molecule has 32 heavy (non-hydrogen) atoms. The first kappa shape index (κ1) is 28.2. The van der Waals surface area contributed by atoms with E-state index in [9.17, 15) is 4.79 Å². The van der Waals surface area contributed by atoms with Crippen molar-refractivity contribution in [1.29, 1.82) is 0 Å². The molecule has 0 atom stereocenters. The number of likely N-dealkylation sites (N-methyl/N-ethyl adjacent to an activating group) is 1. The maximum atomic E-state index is 12.2. The number of benzene rings is 1. The van der Waals surface area contributed by atoms with Crippen LogP contribution in [0.5, 0.6) is 11.5 Å². The Morgan fingerprint density at radius 2 is 1.91 bits per heavy atom. The van der Waals surface area contributed by atoms with Gasteiger partial charge in [0.05, 0.1) is 19.8 Å². The third-order valence-corrected chi connectivity index (χ3v) is 4.37. The van der Waals surface area contributed by atoms with Crippen molar-refractivity contribution >= 4 is 41.5 Å². The Balaban J connectivity index is 0.00000512. The van der Waals surface area contributed by atoms with Gasteiger partial charge in [0, 0.05) is 50.5 Å². The number of nitrogens with one attached hydrogen (secondary N) is 3. The summed E-state index contributed by atoms with van der Waals surface area (Å²) in [6, 6.07) is 5.67. The fraction of sp³-hybridized carbons (Fsp3) is 0.636. The second-order valence-corrected chi connectivity index (χ2v) is 8.52. The van der Waals surface area contributed by atoms with Crippen LogP contribution in [-0.4, -0.2) is 82.5 Å². The van der Waals surface area contributed by atoms with Crippen LogP contribution in [0.4, 0.5) is 5.69 Å². The van der Waals surface area contributed by atoms with E-state index >= 15 is 0 Å². The number of halogens is 1. The molecule has 182 valence electrons. The van der Waals surface area contributed by atoms with Crippen molar-refractivity contribution in [2.75, 3.05) is 65.5 Å². The predicted molar refractivity (Wildman–Crippen MR) is 139 cm³/mol. The highest BCUT2D eigenvalue weighted by Gasteiger charge is 2.14. The number of carbonyl (C=O) groups excluding carboxylic acids is 1. The summed E-state index contributed by atoms with van der Waals surface area (Å²) in [5.41, 5.74) is 0.505. The summed E-state index contributed by atoms with van der Waals surface area (Å²) < 4.78 is 16.6. The van der Waals surface area contributed by atoms with Crippen molar-refractivity contribution in [2.45, 2.75) is 32.7 Å². The summed E-state index contributed by atoms with van der Waals surface area (Å²) in [5, 5.41) is 9.48. The minimum Gasteiger partial charge on any atom is -0.490 e. The lowest BCUT2D eigenvalue weighted by Gasteiger charge is -2.20. The van der Waals surface area contributed by atoms with E-state index in [0.717, 1.165) is 30.9 Å². The highest BCUT2D eigenvalue weighted by atomic mass is 127. The summed E-state index contributed by atoms with van der Waals surface area (Å²) in [6.07, 6.45) is 0.852. The molecular weight excluding hydrogens is 525 g/mol. The lowest BCUT2D eigenvalue weighted by atomic mass is 10.1. The van der Waals surface area contributed by atoms with E-state index in [4.69, 9.17) is 14.2 Å². The molecule has 1 aliphatic rings. The normalized spacial score (nSPS) is 13.8. The van der Waals surface area contributed by atoms with Crippen LogP contribution in [0.1, 0.15) is 27.2 Å². The number of methoxy groups -OCH3 is 1. The Kier molecular flexibility index (Phi) is 12.7. The molecule has 0 aliphatic carbocycles. The average molecular weight is 563 g/mol. The molecule has 0 bridgehead atoms. The zero-order valence-corrected chi connectivity index (χ0v) is 22.2. The predicted octanol–water partition coefficient (Wildman–Crippen LogP) is 2.32. The number of aliphatic imine (C=N–C) groups is 1. The van der Waals surface area contributed by atoms with Crippen LogP contribution >= 0.6 is 24.0 Å². The van der Waals surface area contributed by atoms with E-state index in [0.29, 0.717) is 38.1 Å². The number of hydrogen-bond donors (Lipinski definition) is 3. The van der Waals surface area contributed by atoms with Crippen LogP contribution in [0.3, 0.4) is 0 Å². The topological polar surface area (TPSA) is 96.5 Å². The Labute approximate surface area is 208 Å². The van der Waals surface area contributed by atoms with Gasteiger partial charge < -0.3 is 35.1 Å². The standard InChI is InChI=1S/C22H37N5O4.HI/c1-22(2,3)26-20(28)16-24-21(23-9-10-27(4)11-14-29-5)25-17-7-8-18-19(15-17)31-13-6-12-30-18;/h7-8,15H,6,9-14,16H2,1-5H3,(H,26,28)(H2,23,24,25);1H. The highest BCUT2D eigenvalue weighted by molar-refractivity contribution is 14.0. The van der Waals surface area contributed by atoms with Gasteiger partial charge in [0.1, 0.15) is 6.54 Å². The van der Waals surface area contributed by atoms with E-state index in [1.54, 1.807) is 7.11 Å². The molecule has 1 aromatic carbocycles. The fourth-order valence-electron chi connectivity index (χ4n) is 2.85. The molecule has 0 fully saturated rings. The Bertz CT molecular complexity index is 740. The van der Waals surface area contributed by atoms with Gasteiger partial charge in [0.15, 0.2) is 17.5 Å². The minimum atomic E-state index is -0.300. The lowest BCUT2D eigenvalue weighted by Crippen LogP contribution is -2.43. The quantitative estimate of drug-likeness (QED) is 0.241. The third-order valence-electron chi connectivity index (χ3n) is 4.37. The van der Waals surface area contributed by atoms with Crippen LogP contribution in [-0.2, 0) is 9.53 Å². The van der Waals surface area contributed by atoms with Gasteiger partial charge in [0.25, 0.3) is 0 Å². The maximum absolute atomic E-state index is 12.2. The number of anilines is 1. The van der Waals surface area contributed by atoms with Crippen LogP contribution in [0, 0.1) is 0 Å². The number of carbonyl (C=O) groups is 1. The number of guanidine groups is 1. The van der Waals surface area contributed by atoms with Gasteiger partial charge in [-0.3, -0.25) is 4.79 Å². The SMILES string of the molecule is COCCN(C)CCNC(=NCC(=O)NC(C)(C)C)Nc1ccc2c(c1)OCCCO2.I. The maximum Gasteiger partial charge on any atom is 0.242 e. The molecule has 1 aromatic rings. The first-order valence-corrected chi connectivity index (χ1v) is 10.7. The molecule has 0 saturated heterocycles. The molecule has 0 unspecified atom stereocenters. The number of rotatable bonds is 9. The number of amides is 1. The van der Waals surface area contributed by atoms with Crippen molar-refractivity contribution in [3.05, 3.63) is 18.2 Å². The molecule has 0 saturated carbocycles. The van der Waals surface area contributed by atoms with Crippen molar-refractivity contribution in [3.63, 3.8) is 0 Å². The molecule has 1 amide bonds. The summed E-state index contributed by atoms with van der Waals surface area (Å²) in [6.45, 7) is 10.1. The molecule has 10 heteroatoms. The molecule has 9 nitrogen and oxygen atoms in total. The van der Waals surface area contributed by atoms with E-state index in [2.05, 4.69) is 25.8 Å². The first-order chi connectivity index (χ1) is 14.8. The molecule has 1 heterocycles. The van der Waals surface area contributed by atoms with Crippen LogP contribution in [0.15, 0.2) is 23.2 Å². The van der Waals surface area contributed by atoms with Crippen LogP contribution in [0.2, 0.25) is 0 Å². The second kappa shape index (κ2) is 14.4.